The summed E-state index contributed by atoms with van der Waals surface area (Å²) < 4.78 is 40.6. The fourth-order valence-electron chi connectivity index (χ4n) is 2.19. The molecule has 2 aromatic carbocycles. The van der Waals surface area contributed by atoms with Gasteiger partial charge in [-0.2, -0.15) is 18.3 Å². The van der Waals surface area contributed by atoms with Crippen molar-refractivity contribution in [2.24, 2.45) is 5.10 Å². The van der Waals surface area contributed by atoms with Gasteiger partial charge in [-0.05, 0) is 61.9 Å². The third kappa shape index (κ3) is 5.99. The van der Waals surface area contributed by atoms with Crippen molar-refractivity contribution in [3.8, 4) is 0 Å². The molecule has 0 aliphatic rings. The molecule has 0 aromatic heterocycles. The summed E-state index contributed by atoms with van der Waals surface area (Å²) in [6.45, 7) is 3.48. The van der Waals surface area contributed by atoms with Crippen LogP contribution in [0.2, 0.25) is 15.1 Å². The summed E-state index contributed by atoms with van der Waals surface area (Å²) in [4.78, 5) is 12.5. The van der Waals surface area contributed by atoms with Crippen molar-refractivity contribution in [2.45, 2.75) is 20.0 Å². The molecule has 28 heavy (non-hydrogen) atoms. The number of hydrogen-bond donors (Lipinski definition) is 1. The number of rotatable bonds is 5. The first-order valence-electron chi connectivity index (χ1n) is 7.83. The van der Waals surface area contributed by atoms with E-state index in [2.05, 4.69) is 10.5 Å². The van der Waals surface area contributed by atoms with Crippen LogP contribution in [0.5, 0.6) is 0 Å². The molecule has 0 saturated heterocycles. The van der Waals surface area contributed by atoms with E-state index in [0.717, 1.165) is 12.1 Å². The van der Waals surface area contributed by atoms with Crippen molar-refractivity contribution in [3.05, 3.63) is 68.7 Å². The topological polar surface area (TPSA) is 41.5 Å². The van der Waals surface area contributed by atoms with E-state index in [1.54, 1.807) is 13.8 Å². The Morgan fingerprint density at radius 2 is 1.61 bits per heavy atom. The summed E-state index contributed by atoms with van der Waals surface area (Å²) in [6.07, 6.45) is -4.29. The molecule has 0 aliphatic carbocycles. The minimum atomic E-state index is -4.79. The molecular weight excluding hydrogens is 436 g/mol. The zero-order valence-corrected chi connectivity index (χ0v) is 16.9. The van der Waals surface area contributed by atoms with E-state index >= 15 is 0 Å². The first-order valence-corrected chi connectivity index (χ1v) is 8.97. The Bertz CT molecular complexity index is 945. The molecule has 0 amide bonds. The first-order chi connectivity index (χ1) is 13.0. The fourth-order valence-corrected chi connectivity index (χ4v) is 2.87. The van der Waals surface area contributed by atoms with Gasteiger partial charge in [-0.3, -0.25) is 10.2 Å². The predicted octanol–water partition coefficient (Wildman–Crippen LogP) is 7.28. The van der Waals surface area contributed by atoms with Crippen LogP contribution in [0.15, 0.2) is 47.6 Å². The Hall–Kier alpha value is -2.02. The Morgan fingerprint density at radius 1 is 1.00 bits per heavy atom. The molecule has 0 spiro atoms. The highest BCUT2D eigenvalue weighted by Gasteiger charge is 2.35. The summed E-state index contributed by atoms with van der Waals surface area (Å²) >= 11 is 17.6. The summed E-state index contributed by atoms with van der Waals surface area (Å²) in [5.74, 6) is -0.861. The van der Waals surface area contributed by atoms with E-state index in [1.165, 1.54) is 24.3 Å². The molecule has 1 N–H and O–H groups in total. The van der Waals surface area contributed by atoms with Crippen LogP contribution in [0.4, 0.5) is 18.9 Å². The second-order valence-electron chi connectivity index (χ2n) is 5.94. The Morgan fingerprint density at radius 3 is 2.14 bits per heavy atom. The molecule has 0 heterocycles. The van der Waals surface area contributed by atoms with Crippen LogP contribution in [0.3, 0.4) is 0 Å². The molecule has 0 aliphatic heterocycles. The molecule has 0 bridgehead atoms. The number of nitrogens with zero attached hydrogens (tertiary/aromatic N) is 1. The predicted molar refractivity (Wildman–Crippen MR) is 109 cm³/mol. The maximum Gasteiger partial charge on any atom is 0.417 e. The standard InChI is InChI=1S/C19H14Cl3F3N2O/c1-10(2)26-27-17-7-11(3-4-16(17)22)18(28)9-15(19(23,24)25)12-5-13(20)8-14(21)6-12/h3-9,27H,1-2H3/b15-9-. The Kier molecular flexibility index (Phi) is 7.15. The highest BCUT2D eigenvalue weighted by atomic mass is 35.5. The lowest BCUT2D eigenvalue weighted by molar-refractivity contribution is -0.0689. The average molecular weight is 450 g/mol. The second kappa shape index (κ2) is 8.99. The normalized spacial score (nSPS) is 11.9. The van der Waals surface area contributed by atoms with Gasteiger partial charge < -0.3 is 0 Å². The van der Waals surface area contributed by atoms with E-state index in [4.69, 9.17) is 34.8 Å². The largest absolute Gasteiger partial charge is 0.417 e. The van der Waals surface area contributed by atoms with E-state index in [0.29, 0.717) is 17.5 Å². The van der Waals surface area contributed by atoms with Gasteiger partial charge in [-0.25, -0.2) is 0 Å². The van der Waals surface area contributed by atoms with Crippen molar-refractivity contribution >= 4 is 57.6 Å². The smallest absolute Gasteiger partial charge is 0.289 e. The van der Waals surface area contributed by atoms with Crippen LogP contribution in [-0.2, 0) is 0 Å². The second-order valence-corrected chi connectivity index (χ2v) is 7.22. The number of alkyl halides is 3. The number of carbonyl (C=O) groups excluding carboxylic acids is 1. The number of halogens is 6. The Labute approximate surface area is 174 Å². The lowest BCUT2D eigenvalue weighted by Gasteiger charge is -2.13. The van der Waals surface area contributed by atoms with Crippen molar-refractivity contribution in [1.29, 1.82) is 0 Å². The van der Waals surface area contributed by atoms with Gasteiger partial charge in [-0.15, -0.1) is 0 Å². The summed E-state index contributed by atoms with van der Waals surface area (Å²) in [6, 6.07) is 7.53. The quantitative estimate of drug-likeness (QED) is 0.225. The van der Waals surface area contributed by atoms with Gasteiger partial charge >= 0.3 is 6.18 Å². The maximum absolute atomic E-state index is 13.5. The van der Waals surface area contributed by atoms with Crippen molar-refractivity contribution < 1.29 is 18.0 Å². The maximum atomic E-state index is 13.5. The molecule has 2 aromatic rings. The Balaban J connectivity index is 2.49. The van der Waals surface area contributed by atoms with Crippen LogP contribution in [0, 0.1) is 0 Å². The minimum Gasteiger partial charge on any atom is -0.289 e. The molecule has 0 radical (unpaired) electrons. The number of carbonyl (C=O) groups is 1. The number of anilines is 1. The van der Waals surface area contributed by atoms with Crippen LogP contribution in [0.25, 0.3) is 5.57 Å². The van der Waals surface area contributed by atoms with E-state index in [-0.39, 0.29) is 26.2 Å². The molecule has 0 unspecified atom stereocenters. The van der Waals surface area contributed by atoms with Gasteiger partial charge in [0.2, 0.25) is 0 Å². The van der Waals surface area contributed by atoms with E-state index < -0.39 is 17.5 Å². The molecule has 3 nitrogen and oxygen atoms in total. The molecule has 0 fully saturated rings. The SMILES string of the molecule is CC(C)=NNc1cc(C(=O)/C=C(/c2cc(Cl)cc(Cl)c2)C(F)(F)F)ccc1Cl. The van der Waals surface area contributed by atoms with Crippen LogP contribution >= 0.6 is 34.8 Å². The monoisotopic (exact) mass is 448 g/mol. The summed E-state index contributed by atoms with van der Waals surface area (Å²) in [7, 11) is 0. The van der Waals surface area contributed by atoms with Gasteiger partial charge in [0.15, 0.2) is 5.78 Å². The third-order valence-corrected chi connectivity index (χ3v) is 4.17. The van der Waals surface area contributed by atoms with Crippen molar-refractivity contribution in [3.63, 3.8) is 0 Å². The molecule has 148 valence electrons. The zero-order chi connectivity index (χ0) is 21.1. The van der Waals surface area contributed by atoms with Gasteiger partial charge in [0.25, 0.3) is 0 Å². The summed E-state index contributed by atoms with van der Waals surface area (Å²) in [5.41, 5.74) is 2.19. The van der Waals surface area contributed by atoms with Crippen molar-refractivity contribution in [1.82, 2.24) is 0 Å². The number of hydrogen-bond acceptors (Lipinski definition) is 3. The molecule has 9 heteroatoms. The molecular formula is C19H14Cl3F3N2O. The number of nitrogens with one attached hydrogen (secondary N) is 1. The van der Waals surface area contributed by atoms with E-state index in [9.17, 15) is 18.0 Å². The molecule has 0 saturated carbocycles. The molecule has 0 atom stereocenters. The lowest BCUT2D eigenvalue weighted by atomic mass is 10.0. The minimum absolute atomic E-state index is 0.00531. The van der Waals surface area contributed by atoms with Crippen molar-refractivity contribution in [2.75, 3.05) is 5.43 Å². The van der Waals surface area contributed by atoms with Crippen LogP contribution < -0.4 is 5.43 Å². The number of benzene rings is 2. The van der Waals surface area contributed by atoms with Crippen LogP contribution in [-0.4, -0.2) is 17.7 Å². The number of hydrazone groups is 1. The first kappa shape index (κ1) is 22.3. The van der Waals surface area contributed by atoms with Crippen LogP contribution in [0.1, 0.15) is 29.8 Å². The zero-order valence-electron chi connectivity index (χ0n) is 14.7. The van der Waals surface area contributed by atoms with Gasteiger partial charge in [0.05, 0.1) is 16.3 Å². The number of allylic oxidation sites excluding steroid dienone is 2. The number of ketones is 1. The van der Waals surface area contributed by atoms with Gasteiger partial charge in [0, 0.05) is 21.3 Å². The summed E-state index contributed by atoms with van der Waals surface area (Å²) in [5, 5.41) is 4.28. The molecule has 2 rings (SSSR count). The van der Waals surface area contributed by atoms with Gasteiger partial charge in [-0.1, -0.05) is 34.8 Å². The highest BCUT2D eigenvalue weighted by Crippen LogP contribution is 2.36. The average Bonchev–Trinajstić information content (AvgIpc) is 2.56. The van der Waals surface area contributed by atoms with Gasteiger partial charge in [0.1, 0.15) is 0 Å². The fraction of sp³-hybridized carbons (Fsp3) is 0.158. The van der Waals surface area contributed by atoms with E-state index in [1.807, 2.05) is 0 Å². The third-order valence-electron chi connectivity index (χ3n) is 3.41. The highest BCUT2D eigenvalue weighted by molar-refractivity contribution is 6.35. The lowest BCUT2D eigenvalue weighted by Crippen LogP contribution is -2.13.